The summed E-state index contributed by atoms with van der Waals surface area (Å²) in [4.78, 5) is 37.6. The van der Waals surface area contributed by atoms with Crippen molar-refractivity contribution < 1.29 is 14.4 Å². The van der Waals surface area contributed by atoms with Crippen molar-refractivity contribution in [3.63, 3.8) is 0 Å². The van der Waals surface area contributed by atoms with E-state index in [1.807, 2.05) is 30.3 Å². The van der Waals surface area contributed by atoms with Gasteiger partial charge >= 0.3 is 6.03 Å². The zero-order valence-corrected chi connectivity index (χ0v) is 16.7. The molecule has 7 nitrogen and oxygen atoms in total. The van der Waals surface area contributed by atoms with Gasteiger partial charge in [-0.3, -0.25) is 14.5 Å². The molecule has 0 aliphatic carbocycles. The zero-order valence-electron chi connectivity index (χ0n) is 15.9. The van der Waals surface area contributed by atoms with Crippen molar-refractivity contribution in [1.82, 2.24) is 10.6 Å². The van der Waals surface area contributed by atoms with Crippen LogP contribution < -0.4 is 20.9 Å². The van der Waals surface area contributed by atoms with Crippen molar-refractivity contribution in [3.8, 4) is 0 Å². The number of fused-ring (bicyclic) bond motifs is 1. The highest BCUT2D eigenvalue weighted by Crippen LogP contribution is 2.28. The van der Waals surface area contributed by atoms with Gasteiger partial charge in [-0.15, -0.1) is 0 Å². The first-order valence-corrected chi connectivity index (χ1v) is 9.86. The van der Waals surface area contributed by atoms with Crippen LogP contribution in [0.15, 0.2) is 48.5 Å². The van der Waals surface area contributed by atoms with E-state index in [0.29, 0.717) is 42.3 Å². The number of amides is 4. The van der Waals surface area contributed by atoms with E-state index in [2.05, 4.69) is 16.0 Å². The summed E-state index contributed by atoms with van der Waals surface area (Å²) < 4.78 is 0. The molecule has 3 rings (SSSR count). The van der Waals surface area contributed by atoms with Crippen LogP contribution in [0.4, 0.5) is 16.2 Å². The van der Waals surface area contributed by atoms with E-state index in [4.69, 9.17) is 11.6 Å². The monoisotopic (exact) mass is 414 g/mol. The second-order valence-corrected chi connectivity index (χ2v) is 7.15. The molecule has 0 aromatic heterocycles. The lowest BCUT2D eigenvalue weighted by Gasteiger charge is -2.29. The van der Waals surface area contributed by atoms with Gasteiger partial charge in [0, 0.05) is 24.5 Å². The Balaban J connectivity index is 1.36. The third-order valence-electron chi connectivity index (χ3n) is 4.52. The number of hydrogen-bond donors (Lipinski definition) is 3. The van der Waals surface area contributed by atoms with Gasteiger partial charge in [0.05, 0.1) is 11.4 Å². The number of hydrogen-bond acceptors (Lipinski definition) is 3. The maximum atomic E-state index is 12.4. The maximum absolute atomic E-state index is 12.4. The van der Waals surface area contributed by atoms with Crippen molar-refractivity contribution in [3.05, 3.63) is 59.1 Å². The van der Waals surface area contributed by atoms with Crippen LogP contribution in [0.3, 0.4) is 0 Å². The van der Waals surface area contributed by atoms with Gasteiger partial charge in [-0.1, -0.05) is 35.9 Å². The molecule has 29 heavy (non-hydrogen) atoms. The summed E-state index contributed by atoms with van der Waals surface area (Å²) in [6.45, 7) is 0.865. The van der Waals surface area contributed by atoms with E-state index in [1.165, 1.54) is 4.90 Å². The first-order chi connectivity index (χ1) is 14.0. The van der Waals surface area contributed by atoms with E-state index in [1.54, 1.807) is 18.2 Å². The van der Waals surface area contributed by atoms with Gasteiger partial charge in [0.25, 0.3) is 0 Å². The molecule has 0 fully saturated rings. The molecule has 2 aromatic rings. The van der Waals surface area contributed by atoms with E-state index in [0.717, 1.165) is 12.0 Å². The molecule has 1 aliphatic heterocycles. The number of nitrogens with one attached hydrogen (secondary N) is 3. The Hall–Kier alpha value is -3.06. The molecule has 8 heteroatoms. The lowest BCUT2D eigenvalue weighted by molar-refractivity contribution is -0.121. The molecule has 1 aliphatic rings. The SMILES string of the molecule is O=C(CCCNC(=O)N1CC(=O)Nc2ccccc21)NCCc1ccc(Cl)cc1. The fourth-order valence-corrected chi connectivity index (χ4v) is 3.17. The van der Waals surface area contributed by atoms with E-state index in [-0.39, 0.29) is 24.4 Å². The maximum Gasteiger partial charge on any atom is 0.322 e. The second kappa shape index (κ2) is 9.93. The summed E-state index contributed by atoms with van der Waals surface area (Å²) >= 11 is 5.85. The van der Waals surface area contributed by atoms with Crippen LogP contribution in [0.1, 0.15) is 18.4 Å². The fourth-order valence-electron chi connectivity index (χ4n) is 3.04. The highest BCUT2D eigenvalue weighted by atomic mass is 35.5. The smallest absolute Gasteiger partial charge is 0.322 e. The van der Waals surface area contributed by atoms with Gasteiger partial charge in [-0.25, -0.2) is 4.79 Å². The van der Waals surface area contributed by atoms with Crippen LogP contribution in [0.2, 0.25) is 5.02 Å². The van der Waals surface area contributed by atoms with Gasteiger partial charge in [0.2, 0.25) is 11.8 Å². The van der Waals surface area contributed by atoms with Crippen molar-refractivity contribution in [2.24, 2.45) is 0 Å². The van der Waals surface area contributed by atoms with Crippen LogP contribution in [0.5, 0.6) is 0 Å². The van der Waals surface area contributed by atoms with E-state index >= 15 is 0 Å². The van der Waals surface area contributed by atoms with Gasteiger partial charge < -0.3 is 16.0 Å². The Morgan fingerprint density at radius 2 is 1.79 bits per heavy atom. The summed E-state index contributed by atoms with van der Waals surface area (Å²) in [6.07, 6.45) is 1.56. The Morgan fingerprint density at radius 3 is 2.59 bits per heavy atom. The molecule has 4 amide bonds. The summed E-state index contributed by atoms with van der Waals surface area (Å²) in [5.74, 6) is -0.296. The number of benzene rings is 2. The minimum atomic E-state index is -0.351. The van der Waals surface area contributed by atoms with E-state index < -0.39 is 0 Å². The number of urea groups is 1. The normalized spacial score (nSPS) is 12.7. The summed E-state index contributed by atoms with van der Waals surface area (Å²) in [5.41, 5.74) is 2.37. The molecule has 0 unspecified atom stereocenters. The molecule has 2 aromatic carbocycles. The van der Waals surface area contributed by atoms with Crippen LogP contribution >= 0.6 is 11.6 Å². The van der Waals surface area contributed by atoms with Gasteiger partial charge in [0.1, 0.15) is 6.54 Å². The highest BCUT2D eigenvalue weighted by molar-refractivity contribution is 6.30. The molecule has 0 saturated heterocycles. The van der Waals surface area contributed by atoms with Gasteiger partial charge in [-0.2, -0.15) is 0 Å². The zero-order chi connectivity index (χ0) is 20.6. The molecule has 0 atom stereocenters. The molecular weight excluding hydrogens is 392 g/mol. The van der Waals surface area contributed by atoms with Crippen molar-refractivity contribution >= 4 is 40.8 Å². The largest absolute Gasteiger partial charge is 0.356 e. The van der Waals surface area contributed by atoms with Crippen LogP contribution in [-0.2, 0) is 16.0 Å². The minimum absolute atomic E-state index is 0.0337. The number of rotatable bonds is 7. The average molecular weight is 415 g/mol. The standard InChI is InChI=1S/C21H23ClN4O3/c22-16-9-7-15(8-10-16)11-13-23-19(27)6-3-12-24-21(29)26-14-20(28)25-17-4-1-2-5-18(17)26/h1-2,4-5,7-10H,3,6,11-14H2,(H,23,27)(H,24,29)(H,25,28). The van der Waals surface area contributed by atoms with Crippen LogP contribution in [-0.4, -0.2) is 37.5 Å². The molecule has 0 spiro atoms. The Morgan fingerprint density at radius 1 is 1.03 bits per heavy atom. The minimum Gasteiger partial charge on any atom is -0.356 e. The Kier molecular flexibility index (Phi) is 7.08. The molecule has 0 bridgehead atoms. The second-order valence-electron chi connectivity index (χ2n) is 6.71. The Labute approximate surface area is 174 Å². The van der Waals surface area contributed by atoms with Gasteiger partial charge in [-0.05, 0) is 42.7 Å². The number of carbonyl (C=O) groups excluding carboxylic acids is 3. The van der Waals surface area contributed by atoms with Crippen molar-refractivity contribution in [2.45, 2.75) is 19.3 Å². The topological polar surface area (TPSA) is 90.5 Å². The average Bonchev–Trinajstić information content (AvgIpc) is 2.72. The molecule has 0 saturated carbocycles. The first kappa shape index (κ1) is 20.7. The fraction of sp³-hybridized carbons (Fsp3) is 0.286. The summed E-state index contributed by atoms with van der Waals surface area (Å²) in [5, 5.41) is 9.07. The number of para-hydroxylation sites is 2. The lowest BCUT2D eigenvalue weighted by atomic mass is 10.1. The molecule has 0 radical (unpaired) electrons. The summed E-state index contributed by atoms with van der Waals surface area (Å²) in [6, 6.07) is 14.3. The number of nitrogens with zero attached hydrogens (tertiary/aromatic N) is 1. The quantitative estimate of drug-likeness (QED) is 0.608. The Bertz CT molecular complexity index is 886. The van der Waals surface area contributed by atoms with E-state index in [9.17, 15) is 14.4 Å². The lowest BCUT2D eigenvalue weighted by Crippen LogP contribution is -2.47. The van der Waals surface area contributed by atoms with Gasteiger partial charge in [0.15, 0.2) is 0 Å². The predicted molar refractivity (Wildman–Crippen MR) is 113 cm³/mol. The molecule has 152 valence electrons. The third-order valence-corrected chi connectivity index (χ3v) is 4.77. The van der Waals surface area contributed by atoms with Crippen LogP contribution in [0.25, 0.3) is 0 Å². The predicted octanol–water partition coefficient (Wildman–Crippen LogP) is 2.95. The first-order valence-electron chi connectivity index (χ1n) is 9.48. The summed E-state index contributed by atoms with van der Waals surface area (Å²) in [7, 11) is 0. The molecule has 1 heterocycles. The highest BCUT2D eigenvalue weighted by Gasteiger charge is 2.26. The number of anilines is 2. The van der Waals surface area contributed by atoms with Crippen LogP contribution in [0, 0.1) is 0 Å². The molecule has 3 N–H and O–H groups in total. The van der Waals surface area contributed by atoms with Crippen molar-refractivity contribution in [1.29, 1.82) is 0 Å². The number of carbonyl (C=O) groups is 3. The number of halogens is 1. The van der Waals surface area contributed by atoms with Crippen molar-refractivity contribution in [2.75, 3.05) is 29.9 Å². The molecular formula is C21H23ClN4O3. The third kappa shape index (κ3) is 5.96.